The smallest absolute Gasteiger partial charge is 0.244 e. The number of amides is 1. The van der Waals surface area contributed by atoms with Crippen LogP contribution in [0.15, 0.2) is 90.0 Å². The Morgan fingerprint density at radius 1 is 0.871 bits per heavy atom. The molecular weight excluding hydrogens is 410 g/mol. The molecule has 0 aliphatic rings. The summed E-state index contributed by atoms with van der Waals surface area (Å²) in [5.41, 5.74) is 2.34. The fourth-order valence-corrected chi connectivity index (χ4v) is 5.00. The van der Waals surface area contributed by atoms with Crippen LogP contribution in [0.5, 0.6) is 0 Å². The summed E-state index contributed by atoms with van der Waals surface area (Å²) < 4.78 is 27.7. The zero-order valence-electron chi connectivity index (χ0n) is 17.2. The van der Waals surface area contributed by atoms with Crippen LogP contribution < -0.4 is 0 Å². The molecule has 0 unspecified atom stereocenters. The van der Waals surface area contributed by atoms with Gasteiger partial charge in [-0.3, -0.25) is 9.48 Å². The second-order valence-corrected chi connectivity index (χ2v) is 9.36. The van der Waals surface area contributed by atoms with E-state index < -0.39 is 9.84 Å². The second-order valence-electron chi connectivity index (χ2n) is 7.46. The number of carbonyl (C=O) groups excluding carboxylic acids is 1. The number of hydrogen-bond donors (Lipinski definition) is 0. The van der Waals surface area contributed by atoms with Crippen molar-refractivity contribution in [3.05, 3.63) is 96.1 Å². The lowest BCUT2D eigenvalue weighted by Gasteiger charge is -2.17. The molecule has 31 heavy (non-hydrogen) atoms. The standard InChI is InChI=1S/C24H23N3O3S/c1-26(16-19-10-4-2-5-11-19)23(28)17-27-22-15-9-8-14-21(22)24(25-27)31(29,30)18-20-12-6-3-7-13-20/h2-15H,16-18H2,1H3. The molecule has 0 spiro atoms. The van der Waals surface area contributed by atoms with Gasteiger partial charge in [0.15, 0.2) is 5.03 Å². The minimum Gasteiger partial charge on any atom is -0.340 e. The van der Waals surface area contributed by atoms with E-state index >= 15 is 0 Å². The van der Waals surface area contributed by atoms with Crippen LogP contribution in [0, 0.1) is 0 Å². The van der Waals surface area contributed by atoms with Gasteiger partial charge in [-0.05, 0) is 23.3 Å². The largest absolute Gasteiger partial charge is 0.340 e. The lowest BCUT2D eigenvalue weighted by atomic mass is 10.2. The highest BCUT2D eigenvalue weighted by Crippen LogP contribution is 2.25. The summed E-state index contributed by atoms with van der Waals surface area (Å²) in [6.45, 7) is 0.433. The molecule has 158 valence electrons. The van der Waals surface area contributed by atoms with Crippen molar-refractivity contribution in [2.45, 2.75) is 23.9 Å². The van der Waals surface area contributed by atoms with Gasteiger partial charge in [0.05, 0.1) is 11.3 Å². The lowest BCUT2D eigenvalue weighted by Crippen LogP contribution is -2.30. The number of aromatic nitrogens is 2. The summed E-state index contributed by atoms with van der Waals surface area (Å²) in [5, 5.41) is 4.90. The van der Waals surface area contributed by atoms with E-state index in [-0.39, 0.29) is 23.2 Å². The number of benzene rings is 3. The third kappa shape index (κ3) is 4.67. The summed E-state index contributed by atoms with van der Waals surface area (Å²) in [6, 6.07) is 25.8. The molecule has 7 heteroatoms. The van der Waals surface area contributed by atoms with Crippen molar-refractivity contribution in [3.63, 3.8) is 0 Å². The average molecular weight is 434 g/mol. The van der Waals surface area contributed by atoms with Crippen LogP contribution in [0.1, 0.15) is 11.1 Å². The van der Waals surface area contributed by atoms with Gasteiger partial charge in [-0.2, -0.15) is 5.10 Å². The quantitative estimate of drug-likeness (QED) is 0.446. The topological polar surface area (TPSA) is 72.3 Å². The summed E-state index contributed by atoms with van der Waals surface area (Å²) in [5.74, 6) is -0.291. The molecule has 0 saturated carbocycles. The maximum atomic E-state index is 13.1. The number of sulfone groups is 1. The third-order valence-electron chi connectivity index (χ3n) is 5.09. The predicted molar refractivity (Wildman–Crippen MR) is 120 cm³/mol. The highest BCUT2D eigenvalue weighted by molar-refractivity contribution is 7.90. The summed E-state index contributed by atoms with van der Waals surface area (Å²) in [6.07, 6.45) is 0. The molecule has 1 amide bonds. The Labute approximate surface area is 181 Å². The maximum Gasteiger partial charge on any atom is 0.244 e. The van der Waals surface area contributed by atoms with Gasteiger partial charge >= 0.3 is 0 Å². The van der Waals surface area contributed by atoms with Crippen LogP contribution in [0.2, 0.25) is 0 Å². The molecule has 0 radical (unpaired) electrons. The third-order valence-corrected chi connectivity index (χ3v) is 6.70. The van der Waals surface area contributed by atoms with Crippen molar-refractivity contribution in [2.75, 3.05) is 7.05 Å². The predicted octanol–water partition coefficient (Wildman–Crippen LogP) is 3.67. The van der Waals surface area contributed by atoms with E-state index in [2.05, 4.69) is 5.10 Å². The van der Waals surface area contributed by atoms with Crippen LogP contribution in [-0.4, -0.2) is 36.1 Å². The number of carbonyl (C=O) groups is 1. The molecule has 3 aromatic carbocycles. The van der Waals surface area contributed by atoms with Gasteiger partial charge in [0.2, 0.25) is 15.7 Å². The van der Waals surface area contributed by atoms with E-state index in [1.807, 2.05) is 54.6 Å². The minimum atomic E-state index is -3.68. The van der Waals surface area contributed by atoms with Crippen molar-refractivity contribution < 1.29 is 13.2 Å². The van der Waals surface area contributed by atoms with Crippen molar-refractivity contribution in [3.8, 4) is 0 Å². The normalized spacial score (nSPS) is 11.5. The van der Waals surface area contributed by atoms with Crippen LogP contribution in [0.25, 0.3) is 10.9 Å². The Morgan fingerprint density at radius 3 is 2.13 bits per heavy atom. The van der Waals surface area contributed by atoms with Gasteiger partial charge in [0.25, 0.3) is 0 Å². The Hall–Kier alpha value is -3.45. The number of rotatable bonds is 7. The first kappa shape index (κ1) is 20.8. The molecule has 0 aliphatic carbocycles. The number of nitrogens with zero attached hydrogens (tertiary/aromatic N) is 3. The van der Waals surface area contributed by atoms with Crippen LogP contribution in [0.4, 0.5) is 0 Å². The number of fused-ring (bicyclic) bond motifs is 1. The van der Waals surface area contributed by atoms with Gasteiger partial charge in [0.1, 0.15) is 6.54 Å². The molecule has 0 atom stereocenters. The van der Waals surface area contributed by atoms with Gasteiger partial charge in [-0.1, -0.05) is 72.8 Å². The van der Waals surface area contributed by atoms with Crippen LogP contribution in [-0.2, 0) is 33.5 Å². The molecule has 0 N–H and O–H groups in total. The highest BCUT2D eigenvalue weighted by atomic mass is 32.2. The van der Waals surface area contributed by atoms with Gasteiger partial charge in [0, 0.05) is 19.0 Å². The van der Waals surface area contributed by atoms with E-state index in [1.165, 1.54) is 4.68 Å². The molecular formula is C24H23N3O3S. The Kier molecular flexibility index (Phi) is 5.86. The molecule has 1 aromatic heterocycles. The van der Waals surface area contributed by atoms with E-state index in [4.69, 9.17) is 0 Å². The molecule has 0 bridgehead atoms. The monoisotopic (exact) mass is 433 g/mol. The van der Waals surface area contributed by atoms with Crippen LogP contribution >= 0.6 is 0 Å². The van der Waals surface area contributed by atoms with E-state index in [0.717, 1.165) is 5.56 Å². The molecule has 4 rings (SSSR count). The zero-order valence-corrected chi connectivity index (χ0v) is 18.0. The number of hydrogen-bond acceptors (Lipinski definition) is 4. The highest BCUT2D eigenvalue weighted by Gasteiger charge is 2.24. The van der Waals surface area contributed by atoms with Gasteiger partial charge in [-0.15, -0.1) is 0 Å². The maximum absolute atomic E-state index is 13.1. The second kappa shape index (κ2) is 8.73. The molecule has 6 nitrogen and oxygen atoms in total. The summed E-state index contributed by atoms with van der Waals surface area (Å²) in [7, 11) is -1.95. The zero-order chi connectivity index (χ0) is 21.8. The van der Waals surface area contributed by atoms with Gasteiger partial charge < -0.3 is 4.90 Å². The van der Waals surface area contributed by atoms with Crippen molar-refractivity contribution in [2.24, 2.45) is 0 Å². The van der Waals surface area contributed by atoms with Crippen molar-refractivity contribution >= 4 is 26.6 Å². The lowest BCUT2D eigenvalue weighted by molar-refractivity contribution is -0.131. The molecule has 0 fully saturated rings. The molecule has 1 heterocycles. The van der Waals surface area contributed by atoms with E-state index in [9.17, 15) is 13.2 Å². The summed E-state index contributed by atoms with van der Waals surface area (Å²) in [4.78, 5) is 14.4. The fourth-order valence-electron chi connectivity index (χ4n) is 3.50. The Balaban J connectivity index is 1.61. The summed E-state index contributed by atoms with van der Waals surface area (Å²) >= 11 is 0. The van der Waals surface area contributed by atoms with E-state index in [1.54, 1.807) is 42.3 Å². The molecule has 0 saturated heterocycles. The first-order valence-corrected chi connectivity index (χ1v) is 11.6. The van der Waals surface area contributed by atoms with Crippen molar-refractivity contribution in [1.82, 2.24) is 14.7 Å². The van der Waals surface area contributed by atoms with Crippen molar-refractivity contribution in [1.29, 1.82) is 0 Å². The SMILES string of the molecule is CN(Cc1ccccc1)C(=O)Cn1nc(S(=O)(=O)Cc2ccccc2)c2ccccc21. The number of para-hydroxylation sites is 1. The minimum absolute atomic E-state index is 0.00506. The average Bonchev–Trinajstić information content (AvgIpc) is 3.14. The molecule has 0 aliphatic heterocycles. The Morgan fingerprint density at radius 2 is 1.45 bits per heavy atom. The first-order chi connectivity index (χ1) is 14.9. The molecule has 4 aromatic rings. The number of likely N-dealkylation sites (N-methyl/N-ethyl adjacent to an activating group) is 1. The van der Waals surface area contributed by atoms with Gasteiger partial charge in [-0.25, -0.2) is 8.42 Å². The van der Waals surface area contributed by atoms with E-state index in [0.29, 0.717) is 23.0 Å². The Bertz CT molecular complexity index is 1300. The first-order valence-electron chi connectivity index (χ1n) is 9.94. The fraction of sp³-hybridized carbons (Fsp3) is 0.167. The van der Waals surface area contributed by atoms with Crippen LogP contribution in [0.3, 0.4) is 0 Å².